The lowest BCUT2D eigenvalue weighted by molar-refractivity contribution is -0.118. The number of hydrogen-bond donors (Lipinski definition) is 1. The molecular weight excluding hydrogens is 386 g/mol. The minimum Gasteiger partial charge on any atom is -0.355 e. The predicted octanol–water partition coefficient (Wildman–Crippen LogP) is 2.98. The molecule has 154 valence electrons. The zero-order valence-electron chi connectivity index (χ0n) is 17.1. The molecule has 3 rings (SSSR count). The summed E-state index contributed by atoms with van der Waals surface area (Å²) in [5.41, 5.74) is 1.02. The maximum atomic E-state index is 12.3. The molecule has 1 unspecified atom stereocenters. The van der Waals surface area contributed by atoms with Crippen LogP contribution in [0.4, 0.5) is 0 Å². The Kier molecular flexibility index (Phi) is 7.40. The molecule has 0 bridgehead atoms. The number of benzene rings is 1. The Balaban J connectivity index is 1.60. The normalized spacial score (nSPS) is 12.1. The quantitative estimate of drug-likeness (QED) is 0.514. The summed E-state index contributed by atoms with van der Waals surface area (Å²) in [6, 6.07) is 10.3. The van der Waals surface area contributed by atoms with E-state index >= 15 is 0 Å². The van der Waals surface area contributed by atoms with E-state index in [-0.39, 0.29) is 11.9 Å². The molecule has 1 atom stereocenters. The van der Waals surface area contributed by atoms with Gasteiger partial charge in [-0.1, -0.05) is 49.0 Å². The minimum absolute atomic E-state index is 0.0301. The largest absolute Gasteiger partial charge is 0.355 e. The SMILES string of the molecule is CCC(C)n1c(SCC(=O)NCCc2nncn2CC)nnc1-c1ccccc1. The van der Waals surface area contributed by atoms with Crippen molar-refractivity contribution in [2.24, 2.45) is 0 Å². The van der Waals surface area contributed by atoms with Gasteiger partial charge in [0.05, 0.1) is 5.75 Å². The second kappa shape index (κ2) is 10.2. The highest BCUT2D eigenvalue weighted by atomic mass is 32.2. The third kappa shape index (κ3) is 5.23. The number of nitrogens with one attached hydrogen (secondary N) is 1. The van der Waals surface area contributed by atoms with Crippen LogP contribution in [0.5, 0.6) is 0 Å². The summed E-state index contributed by atoms with van der Waals surface area (Å²) in [5.74, 6) is 1.98. The van der Waals surface area contributed by atoms with Crippen molar-refractivity contribution in [1.82, 2.24) is 34.8 Å². The van der Waals surface area contributed by atoms with Crippen LogP contribution in [0.15, 0.2) is 41.8 Å². The molecule has 0 saturated heterocycles. The summed E-state index contributed by atoms with van der Waals surface area (Å²) in [6.45, 7) is 7.67. The molecule has 0 saturated carbocycles. The van der Waals surface area contributed by atoms with Crippen LogP contribution in [0.1, 0.15) is 39.1 Å². The van der Waals surface area contributed by atoms with E-state index in [1.807, 2.05) is 41.8 Å². The summed E-state index contributed by atoms with van der Waals surface area (Å²) in [5, 5.41) is 20.4. The van der Waals surface area contributed by atoms with Gasteiger partial charge in [-0.2, -0.15) is 0 Å². The van der Waals surface area contributed by atoms with Gasteiger partial charge in [-0.05, 0) is 20.3 Å². The molecule has 2 aromatic heterocycles. The van der Waals surface area contributed by atoms with Gasteiger partial charge in [0, 0.05) is 31.1 Å². The molecule has 0 fully saturated rings. The Morgan fingerprint density at radius 3 is 2.69 bits per heavy atom. The molecule has 0 aliphatic carbocycles. The van der Waals surface area contributed by atoms with Crippen LogP contribution in [-0.2, 0) is 17.8 Å². The number of carbonyl (C=O) groups is 1. The predicted molar refractivity (Wildman–Crippen MR) is 114 cm³/mol. The molecule has 0 spiro atoms. The number of carbonyl (C=O) groups excluding carboxylic acids is 1. The summed E-state index contributed by atoms with van der Waals surface area (Å²) in [7, 11) is 0. The zero-order valence-corrected chi connectivity index (χ0v) is 17.9. The third-order valence-corrected chi connectivity index (χ3v) is 5.71. The van der Waals surface area contributed by atoms with Crippen molar-refractivity contribution in [3.8, 4) is 11.4 Å². The lowest BCUT2D eigenvalue weighted by atomic mass is 10.2. The molecule has 2 heterocycles. The Morgan fingerprint density at radius 1 is 1.17 bits per heavy atom. The van der Waals surface area contributed by atoms with E-state index < -0.39 is 0 Å². The van der Waals surface area contributed by atoms with Crippen LogP contribution in [0, 0.1) is 0 Å². The van der Waals surface area contributed by atoms with Crippen molar-refractivity contribution in [3.63, 3.8) is 0 Å². The summed E-state index contributed by atoms with van der Waals surface area (Å²) in [6.07, 6.45) is 3.32. The Bertz CT molecular complexity index is 922. The first-order valence-electron chi connectivity index (χ1n) is 9.90. The average Bonchev–Trinajstić information content (AvgIpc) is 3.39. The van der Waals surface area contributed by atoms with E-state index in [1.165, 1.54) is 11.8 Å². The molecule has 1 N–H and O–H groups in total. The number of amides is 1. The van der Waals surface area contributed by atoms with Crippen molar-refractivity contribution in [2.45, 2.75) is 51.4 Å². The molecule has 0 aliphatic heterocycles. The van der Waals surface area contributed by atoms with Gasteiger partial charge in [-0.3, -0.25) is 9.36 Å². The third-order valence-electron chi connectivity index (χ3n) is 4.77. The van der Waals surface area contributed by atoms with E-state index in [1.54, 1.807) is 6.33 Å². The van der Waals surface area contributed by atoms with E-state index in [9.17, 15) is 4.79 Å². The van der Waals surface area contributed by atoms with Crippen molar-refractivity contribution in [3.05, 3.63) is 42.5 Å². The van der Waals surface area contributed by atoms with Gasteiger partial charge in [0.2, 0.25) is 5.91 Å². The molecule has 8 nitrogen and oxygen atoms in total. The number of aromatic nitrogens is 6. The maximum absolute atomic E-state index is 12.3. The first-order valence-corrected chi connectivity index (χ1v) is 10.9. The molecule has 29 heavy (non-hydrogen) atoms. The summed E-state index contributed by atoms with van der Waals surface area (Å²) < 4.78 is 4.09. The minimum atomic E-state index is -0.0301. The molecule has 0 aliphatic rings. The topological polar surface area (TPSA) is 90.5 Å². The van der Waals surface area contributed by atoms with Crippen molar-refractivity contribution >= 4 is 17.7 Å². The number of hydrogen-bond acceptors (Lipinski definition) is 6. The van der Waals surface area contributed by atoms with Gasteiger partial charge in [0.1, 0.15) is 12.2 Å². The summed E-state index contributed by atoms with van der Waals surface area (Å²) >= 11 is 1.41. The summed E-state index contributed by atoms with van der Waals surface area (Å²) in [4.78, 5) is 12.3. The van der Waals surface area contributed by atoms with Gasteiger partial charge in [-0.25, -0.2) is 0 Å². The van der Waals surface area contributed by atoms with Crippen molar-refractivity contribution in [2.75, 3.05) is 12.3 Å². The molecule has 1 aromatic carbocycles. The molecule has 0 radical (unpaired) electrons. The average molecular weight is 414 g/mol. The highest BCUT2D eigenvalue weighted by Gasteiger charge is 2.19. The molecular formula is C20H27N7OS. The highest BCUT2D eigenvalue weighted by Crippen LogP contribution is 2.28. The number of aryl methyl sites for hydroxylation is 1. The van der Waals surface area contributed by atoms with Crippen LogP contribution < -0.4 is 5.32 Å². The number of rotatable bonds is 10. The van der Waals surface area contributed by atoms with Crippen LogP contribution in [0.25, 0.3) is 11.4 Å². The molecule has 3 aromatic rings. The van der Waals surface area contributed by atoms with E-state index in [4.69, 9.17) is 0 Å². The van der Waals surface area contributed by atoms with Crippen LogP contribution in [0.3, 0.4) is 0 Å². The Labute approximate surface area is 175 Å². The standard InChI is InChI=1S/C20H27N7OS/c1-4-15(3)27-19(16-9-7-6-8-10-16)24-25-20(27)29-13-18(28)21-12-11-17-23-22-14-26(17)5-2/h6-10,14-15H,4-5,11-13H2,1-3H3,(H,21,28). The fraction of sp³-hybridized carbons (Fsp3) is 0.450. The monoisotopic (exact) mass is 413 g/mol. The van der Waals surface area contributed by atoms with Gasteiger partial charge in [-0.15, -0.1) is 20.4 Å². The number of nitrogens with zero attached hydrogens (tertiary/aromatic N) is 6. The first-order chi connectivity index (χ1) is 14.1. The van der Waals surface area contributed by atoms with Crippen LogP contribution in [-0.4, -0.2) is 47.7 Å². The first kappa shape index (κ1) is 21.0. The lowest BCUT2D eigenvalue weighted by Gasteiger charge is -2.16. The maximum Gasteiger partial charge on any atom is 0.230 e. The van der Waals surface area contributed by atoms with Crippen LogP contribution >= 0.6 is 11.8 Å². The van der Waals surface area contributed by atoms with Gasteiger partial charge >= 0.3 is 0 Å². The number of thioether (sulfide) groups is 1. The van der Waals surface area contributed by atoms with Crippen molar-refractivity contribution < 1.29 is 4.79 Å². The van der Waals surface area contributed by atoms with Crippen LogP contribution in [0.2, 0.25) is 0 Å². The second-order valence-corrected chi connectivity index (χ2v) is 7.66. The lowest BCUT2D eigenvalue weighted by Crippen LogP contribution is -2.28. The van der Waals surface area contributed by atoms with E-state index in [2.05, 4.69) is 44.1 Å². The van der Waals surface area contributed by atoms with E-state index in [0.29, 0.717) is 18.7 Å². The second-order valence-electron chi connectivity index (χ2n) is 6.72. The van der Waals surface area contributed by atoms with E-state index in [0.717, 1.165) is 35.3 Å². The molecule has 9 heteroatoms. The molecule has 1 amide bonds. The fourth-order valence-corrected chi connectivity index (χ4v) is 3.84. The van der Waals surface area contributed by atoms with Gasteiger partial charge in [0.15, 0.2) is 11.0 Å². The van der Waals surface area contributed by atoms with Crippen molar-refractivity contribution in [1.29, 1.82) is 0 Å². The highest BCUT2D eigenvalue weighted by molar-refractivity contribution is 7.99. The Hall–Kier alpha value is -2.68. The van der Waals surface area contributed by atoms with Gasteiger partial charge in [0.25, 0.3) is 0 Å². The van der Waals surface area contributed by atoms with Gasteiger partial charge < -0.3 is 9.88 Å². The smallest absolute Gasteiger partial charge is 0.230 e. The fourth-order valence-electron chi connectivity index (χ4n) is 2.97. The zero-order chi connectivity index (χ0) is 20.6. The Morgan fingerprint density at radius 2 is 1.97 bits per heavy atom.